The molecule has 0 bridgehead atoms. The van der Waals surface area contributed by atoms with Crippen LogP contribution >= 0.6 is 0 Å². The third-order valence-corrected chi connectivity index (χ3v) is 3.56. The molecule has 2 aromatic rings. The van der Waals surface area contributed by atoms with Crippen LogP contribution in [0.4, 0.5) is 4.39 Å². The van der Waals surface area contributed by atoms with E-state index in [2.05, 4.69) is 5.32 Å². The standard InChI is InChI=1S/C17H20FNO3/c1-11-8-14(12(2)22-11)17(3,21)10-19-16(20)9-13-6-4-5-7-15(13)18/h4-8,21H,9-10H2,1-3H3,(H,19,20). The Morgan fingerprint density at radius 2 is 2.05 bits per heavy atom. The molecular weight excluding hydrogens is 285 g/mol. The van der Waals surface area contributed by atoms with Crippen LogP contribution in [0, 0.1) is 19.7 Å². The van der Waals surface area contributed by atoms with Gasteiger partial charge in [0.15, 0.2) is 0 Å². The average Bonchev–Trinajstić information content (AvgIpc) is 2.79. The van der Waals surface area contributed by atoms with Crippen molar-refractivity contribution in [1.29, 1.82) is 0 Å². The highest BCUT2D eigenvalue weighted by atomic mass is 19.1. The molecule has 22 heavy (non-hydrogen) atoms. The zero-order valence-corrected chi connectivity index (χ0v) is 12.9. The number of halogens is 1. The lowest BCUT2D eigenvalue weighted by Crippen LogP contribution is -2.39. The van der Waals surface area contributed by atoms with E-state index in [-0.39, 0.29) is 18.9 Å². The Hall–Kier alpha value is -2.14. The molecule has 1 unspecified atom stereocenters. The maximum atomic E-state index is 13.5. The van der Waals surface area contributed by atoms with Gasteiger partial charge in [-0.1, -0.05) is 18.2 Å². The Kier molecular flexibility index (Phi) is 4.66. The summed E-state index contributed by atoms with van der Waals surface area (Å²) < 4.78 is 18.9. The van der Waals surface area contributed by atoms with Gasteiger partial charge in [0.1, 0.15) is 22.9 Å². The van der Waals surface area contributed by atoms with E-state index in [0.717, 1.165) is 0 Å². The van der Waals surface area contributed by atoms with Crippen molar-refractivity contribution in [3.63, 3.8) is 0 Å². The molecule has 0 saturated heterocycles. The van der Waals surface area contributed by atoms with E-state index in [1.165, 1.54) is 6.07 Å². The molecule has 0 aliphatic carbocycles. The van der Waals surface area contributed by atoms with E-state index in [1.807, 2.05) is 0 Å². The molecule has 4 nitrogen and oxygen atoms in total. The number of furan rings is 1. The summed E-state index contributed by atoms with van der Waals surface area (Å²) in [6, 6.07) is 7.89. The second kappa shape index (κ2) is 6.32. The van der Waals surface area contributed by atoms with Crippen LogP contribution in [0.5, 0.6) is 0 Å². The van der Waals surface area contributed by atoms with Crippen LogP contribution in [0.2, 0.25) is 0 Å². The van der Waals surface area contributed by atoms with Crippen molar-refractivity contribution in [3.05, 3.63) is 58.8 Å². The minimum atomic E-state index is -1.24. The fraction of sp³-hybridized carbons (Fsp3) is 0.353. The summed E-state index contributed by atoms with van der Waals surface area (Å²) in [4.78, 5) is 11.9. The predicted octanol–water partition coefficient (Wildman–Crippen LogP) is 2.60. The van der Waals surface area contributed by atoms with Gasteiger partial charge >= 0.3 is 0 Å². The second-order valence-corrected chi connectivity index (χ2v) is 5.65. The maximum absolute atomic E-state index is 13.5. The minimum Gasteiger partial charge on any atom is -0.466 e. The highest BCUT2D eigenvalue weighted by molar-refractivity contribution is 5.78. The zero-order chi connectivity index (χ0) is 16.3. The van der Waals surface area contributed by atoms with Gasteiger partial charge in [-0.05, 0) is 38.5 Å². The van der Waals surface area contributed by atoms with E-state index in [0.29, 0.717) is 22.6 Å². The van der Waals surface area contributed by atoms with Crippen molar-refractivity contribution in [3.8, 4) is 0 Å². The van der Waals surface area contributed by atoms with Crippen molar-refractivity contribution in [2.24, 2.45) is 0 Å². The molecule has 0 aliphatic heterocycles. The molecule has 1 atom stereocenters. The minimum absolute atomic E-state index is 0.0279. The van der Waals surface area contributed by atoms with Crippen molar-refractivity contribution in [1.82, 2.24) is 5.32 Å². The van der Waals surface area contributed by atoms with Gasteiger partial charge in [0, 0.05) is 5.56 Å². The third-order valence-electron chi connectivity index (χ3n) is 3.56. The van der Waals surface area contributed by atoms with Crippen molar-refractivity contribution in [2.75, 3.05) is 6.54 Å². The van der Waals surface area contributed by atoms with E-state index in [9.17, 15) is 14.3 Å². The Balaban J connectivity index is 1.98. The lowest BCUT2D eigenvalue weighted by molar-refractivity contribution is -0.121. The van der Waals surface area contributed by atoms with E-state index in [4.69, 9.17) is 4.42 Å². The molecule has 1 amide bonds. The number of amides is 1. The molecule has 1 aromatic carbocycles. The fourth-order valence-electron chi connectivity index (χ4n) is 2.41. The normalized spacial score (nSPS) is 13.7. The molecular formula is C17H20FNO3. The van der Waals surface area contributed by atoms with Crippen LogP contribution in [0.1, 0.15) is 29.6 Å². The van der Waals surface area contributed by atoms with E-state index in [1.54, 1.807) is 45.0 Å². The summed E-state index contributed by atoms with van der Waals surface area (Å²) in [5.74, 6) is 0.560. The Morgan fingerprint density at radius 1 is 1.36 bits per heavy atom. The number of carbonyl (C=O) groups excluding carboxylic acids is 1. The van der Waals surface area contributed by atoms with Crippen LogP contribution in [0.25, 0.3) is 0 Å². The summed E-state index contributed by atoms with van der Waals surface area (Å²) in [5, 5.41) is 13.1. The second-order valence-electron chi connectivity index (χ2n) is 5.65. The molecule has 0 radical (unpaired) electrons. The first-order chi connectivity index (χ1) is 10.3. The van der Waals surface area contributed by atoms with Crippen LogP contribution in [-0.4, -0.2) is 17.6 Å². The highest BCUT2D eigenvalue weighted by Crippen LogP contribution is 2.26. The zero-order valence-electron chi connectivity index (χ0n) is 12.9. The average molecular weight is 305 g/mol. The Morgan fingerprint density at radius 3 is 2.64 bits per heavy atom. The van der Waals surface area contributed by atoms with Crippen molar-refractivity contribution in [2.45, 2.75) is 32.8 Å². The molecule has 0 saturated carbocycles. The largest absolute Gasteiger partial charge is 0.466 e. The number of rotatable bonds is 5. The summed E-state index contributed by atoms with van der Waals surface area (Å²) in [5.41, 5.74) is -0.279. The van der Waals surface area contributed by atoms with Crippen LogP contribution in [0.3, 0.4) is 0 Å². The van der Waals surface area contributed by atoms with E-state index >= 15 is 0 Å². The van der Waals surface area contributed by atoms with Gasteiger partial charge in [0.05, 0.1) is 13.0 Å². The van der Waals surface area contributed by atoms with E-state index < -0.39 is 11.4 Å². The summed E-state index contributed by atoms with van der Waals surface area (Å²) >= 11 is 0. The van der Waals surface area contributed by atoms with Gasteiger partial charge in [-0.15, -0.1) is 0 Å². The van der Waals surface area contributed by atoms with Crippen LogP contribution in [0.15, 0.2) is 34.7 Å². The molecule has 2 rings (SSSR count). The Bertz CT molecular complexity index is 676. The van der Waals surface area contributed by atoms with Crippen LogP contribution in [-0.2, 0) is 16.8 Å². The fourth-order valence-corrected chi connectivity index (χ4v) is 2.41. The molecule has 118 valence electrons. The number of nitrogens with one attached hydrogen (secondary N) is 1. The summed E-state index contributed by atoms with van der Waals surface area (Å²) in [7, 11) is 0. The first-order valence-electron chi connectivity index (χ1n) is 7.09. The smallest absolute Gasteiger partial charge is 0.224 e. The molecule has 0 spiro atoms. The molecule has 1 aromatic heterocycles. The SMILES string of the molecule is Cc1cc(C(C)(O)CNC(=O)Cc2ccccc2F)c(C)o1. The number of benzene rings is 1. The third kappa shape index (κ3) is 3.74. The number of aryl methyl sites for hydroxylation is 2. The van der Waals surface area contributed by atoms with Gasteiger partial charge in [-0.3, -0.25) is 4.79 Å². The summed E-state index contributed by atoms with van der Waals surface area (Å²) in [6.07, 6.45) is -0.0633. The predicted molar refractivity (Wildman–Crippen MR) is 80.9 cm³/mol. The molecule has 5 heteroatoms. The lowest BCUT2D eigenvalue weighted by atomic mass is 9.96. The molecule has 1 heterocycles. The van der Waals surface area contributed by atoms with Crippen molar-refractivity contribution < 1.29 is 18.7 Å². The molecule has 0 fully saturated rings. The van der Waals surface area contributed by atoms with Gasteiger partial charge in [-0.25, -0.2) is 4.39 Å². The number of hydrogen-bond acceptors (Lipinski definition) is 3. The first kappa shape index (κ1) is 16.2. The van der Waals surface area contributed by atoms with Gasteiger partial charge in [0.2, 0.25) is 5.91 Å². The Labute approximate surface area is 129 Å². The topological polar surface area (TPSA) is 62.5 Å². The number of aliphatic hydroxyl groups is 1. The number of carbonyl (C=O) groups is 1. The molecule has 0 aliphatic rings. The quantitative estimate of drug-likeness (QED) is 0.892. The maximum Gasteiger partial charge on any atom is 0.224 e. The monoisotopic (exact) mass is 305 g/mol. The summed E-state index contributed by atoms with van der Waals surface area (Å²) in [6.45, 7) is 5.19. The number of hydrogen-bond donors (Lipinski definition) is 2. The van der Waals surface area contributed by atoms with Crippen LogP contribution < -0.4 is 5.32 Å². The van der Waals surface area contributed by atoms with Gasteiger partial charge in [-0.2, -0.15) is 0 Å². The first-order valence-corrected chi connectivity index (χ1v) is 7.09. The molecule has 2 N–H and O–H groups in total. The highest BCUT2D eigenvalue weighted by Gasteiger charge is 2.28. The van der Waals surface area contributed by atoms with Crippen molar-refractivity contribution >= 4 is 5.91 Å². The van der Waals surface area contributed by atoms with Gasteiger partial charge in [0.25, 0.3) is 0 Å². The van der Waals surface area contributed by atoms with Gasteiger partial charge < -0.3 is 14.8 Å². The lowest BCUT2D eigenvalue weighted by Gasteiger charge is -2.23.